The van der Waals surface area contributed by atoms with Crippen LogP contribution in [0.5, 0.6) is 5.75 Å². The molecule has 0 aliphatic carbocycles. The summed E-state index contributed by atoms with van der Waals surface area (Å²) in [5, 5.41) is 11.3. The van der Waals surface area contributed by atoms with E-state index in [0.717, 1.165) is 50.1 Å². The van der Waals surface area contributed by atoms with E-state index in [2.05, 4.69) is 53.2 Å². The Morgan fingerprint density at radius 1 is 0.918 bits per heavy atom. The minimum absolute atomic E-state index is 0.0958. The monoisotopic (exact) mass is 841 g/mol. The fraction of sp³-hybridized carbons (Fsp3) is 0.409. The van der Waals surface area contributed by atoms with Gasteiger partial charge in [-0.25, -0.2) is 4.98 Å². The van der Waals surface area contributed by atoms with Crippen molar-refractivity contribution in [3.8, 4) is 5.75 Å². The van der Waals surface area contributed by atoms with Crippen LogP contribution in [-0.2, 0) is 20.6 Å². The van der Waals surface area contributed by atoms with Gasteiger partial charge in [-0.05, 0) is 100.0 Å². The molecule has 3 aliphatic heterocycles. The zero-order chi connectivity index (χ0) is 43.3. The molecule has 3 fully saturated rings. The number of carbonyl (C=O) groups is 4. The molecule has 14 nitrogen and oxygen atoms in total. The Labute approximate surface area is 352 Å². The SMILES string of the molecule is COc1cc(N2CCC(N(C)C(=O)CN3CCC(c4ccc(NC5CCC(=O)NC5=O)cc4)CC3)CC2)ccc1Nc1ncc(C(F)(F)F)c(Nc2ccccc2C(C)=O)n1. The van der Waals surface area contributed by atoms with E-state index >= 15 is 0 Å². The number of nitrogens with zero attached hydrogens (tertiary/aromatic N) is 5. The van der Waals surface area contributed by atoms with Gasteiger partial charge in [0.1, 0.15) is 23.2 Å². The molecule has 61 heavy (non-hydrogen) atoms. The van der Waals surface area contributed by atoms with E-state index in [4.69, 9.17) is 4.74 Å². The molecule has 322 valence electrons. The second kappa shape index (κ2) is 18.6. The first kappa shape index (κ1) is 42.9. The first-order valence-corrected chi connectivity index (χ1v) is 20.4. The fourth-order valence-corrected chi connectivity index (χ4v) is 8.20. The molecule has 1 aromatic heterocycles. The Kier molecular flexibility index (Phi) is 13.1. The number of imide groups is 1. The molecule has 3 amide bonds. The molecule has 0 saturated carbocycles. The zero-order valence-electron chi connectivity index (χ0n) is 34.3. The third kappa shape index (κ3) is 10.4. The number of hydrogen-bond donors (Lipinski definition) is 4. The van der Waals surface area contributed by atoms with Gasteiger partial charge in [0, 0.05) is 61.8 Å². The van der Waals surface area contributed by atoms with Crippen molar-refractivity contribution in [3.63, 3.8) is 0 Å². The molecule has 17 heteroatoms. The summed E-state index contributed by atoms with van der Waals surface area (Å²) in [6, 6.07) is 19.6. The highest BCUT2D eigenvalue weighted by Crippen LogP contribution is 2.38. The Balaban J connectivity index is 0.895. The van der Waals surface area contributed by atoms with Crippen molar-refractivity contribution in [1.82, 2.24) is 25.1 Å². The Bertz CT molecular complexity index is 2240. The van der Waals surface area contributed by atoms with Crippen molar-refractivity contribution in [2.24, 2.45) is 0 Å². The van der Waals surface area contributed by atoms with Gasteiger partial charge in [0.25, 0.3) is 0 Å². The molecule has 3 saturated heterocycles. The fourth-order valence-electron chi connectivity index (χ4n) is 8.20. The summed E-state index contributed by atoms with van der Waals surface area (Å²) in [4.78, 5) is 63.6. The lowest BCUT2D eigenvalue weighted by atomic mass is 9.89. The van der Waals surface area contributed by atoms with Gasteiger partial charge in [-0.3, -0.25) is 29.4 Å². The van der Waals surface area contributed by atoms with E-state index in [-0.39, 0.29) is 46.7 Å². The van der Waals surface area contributed by atoms with E-state index in [9.17, 15) is 32.3 Å². The van der Waals surface area contributed by atoms with Gasteiger partial charge in [0.15, 0.2) is 5.78 Å². The van der Waals surface area contributed by atoms with E-state index in [1.54, 1.807) is 18.2 Å². The summed E-state index contributed by atoms with van der Waals surface area (Å²) >= 11 is 0. The number of carbonyl (C=O) groups excluding carboxylic acids is 4. The number of piperidine rings is 3. The number of rotatable bonds is 13. The van der Waals surface area contributed by atoms with Gasteiger partial charge >= 0.3 is 6.18 Å². The third-order valence-electron chi connectivity index (χ3n) is 11.8. The van der Waals surface area contributed by atoms with Crippen LogP contribution in [0.4, 0.5) is 47.7 Å². The number of methoxy groups -OCH3 is 1. The summed E-state index contributed by atoms with van der Waals surface area (Å²) in [6.07, 6.45) is 0.190. The van der Waals surface area contributed by atoms with E-state index < -0.39 is 23.6 Å². The second-order valence-electron chi connectivity index (χ2n) is 15.7. The highest BCUT2D eigenvalue weighted by molar-refractivity contribution is 6.01. The van der Waals surface area contributed by atoms with Crippen LogP contribution in [0.3, 0.4) is 0 Å². The average molecular weight is 842 g/mol. The molecule has 0 radical (unpaired) electrons. The largest absolute Gasteiger partial charge is 0.494 e. The van der Waals surface area contributed by atoms with Crippen molar-refractivity contribution in [3.05, 3.63) is 89.6 Å². The van der Waals surface area contributed by atoms with Crippen LogP contribution >= 0.6 is 0 Å². The van der Waals surface area contributed by atoms with Crippen LogP contribution in [0.15, 0.2) is 72.9 Å². The molecule has 7 rings (SSSR count). The van der Waals surface area contributed by atoms with Crippen LogP contribution in [0, 0.1) is 0 Å². The van der Waals surface area contributed by atoms with Crippen LogP contribution in [-0.4, -0.2) is 102 Å². The van der Waals surface area contributed by atoms with Crippen LogP contribution in [0.25, 0.3) is 0 Å². The summed E-state index contributed by atoms with van der Waals surface area (Å²) in [5.74, 6) is -0.526. The number of ketones is 1. The lowest BCUT2D eigenvalue weighted by molar-refractivity contribution is -0.137. The maximum Gasteiger partial charge on any atom is 0.421 e. The minimum Gasteiger partial charge on any atom is -0.494 e. The molecule has 3 aromatic carbocycles. The van der Waals surface area contributed by atoms with Gasteiger partial charge < -0.3 is 30.5 Å². The van der Waals surface area contributed by atoms with E-state index in [1.807, 2.05) is 36.2 Å². The standard InChI is InChI=1S/C44H50F3N9O5/c1-27(57)33-6-4-5-7-35(33)50-41-34(44(45,46)47)25-48-43(53-41)51-36-13-12-32(24-38(36)61-3)56-22-18-31(19-23-56)54(2)40(59)26-55-20-16-29(17-21-55)28-8-10-30(11-9-28)49-37-14-15-39(58)52-42(37)60/h4-13,24-25,29,31,37,49H,14-23,26H2,1-3H3,(H,52,58,60)(H2,48,50,51,53). The van der Waals surface area contributed by atoms with E-state index in [1.165, 1.54) is 31.7 Å². The number of likely N-dealkylation sites (N-methyl/N-ethyl adjacent to an activating group) is 1. The van der Waals surface area contributed by atoms with Crippen molar-refractivity contribution >= 4 is 58.0 Å². The number of hydrogen-bond acceptors (Lipinski definition) is 12. The molecule has 4 N–H and O–H groups in total. The highest BCUT2D eigenvalue weighted by Gasteiger charge is 2.36. The van der Waals surface area contributed by atoms with Gasteiger partial charge in [-0.2, -0.15) is 18.2 Å². The quantitative estimate of drug-likeness (QED) is 0.0833. The number of benzene rings is 3. The van der Waals surface area contributed by atoms with Gasteiger partial charge in [0.2, 0.25) is 23.7 Å². The number of amides is 3. The lowest BCUT2D eigenvalue weighted by Gasteiger charge is -2.39. The van der Waals surface area contributed by atoms with E-state index in [0.29, 0.717) is 56.0 Å². The number of para-hydroxylation sites is 1. The average Bonchev–Trinajstić information content (AvgIpc) is 3.25. The Morgan fingerprint density at radius 3 is 2.31 bits per heavy atom. The molecule has 3 aliphatic rings. The Hall–Kier alpha value is -6.23. The zero-order valence-corrected chi connectivity index (χ0v) is 34.3. The number of ether oxygens (including phenoxy) is 1. The van der Waals surface area contributed by atoms with Crippen molar-refractivity contribution < 1.29 is 37.1 Å². The van der Waals surface area contributed by atoms with Crippen molar-refractivity contribution in [2.45, 2.75) is 69.6 Å². The maximum atomic E-state index is 14.0. The van der Waals surface area contributed by atoms with Crippen LogP contribution in [0.1, 0.15) is 72.9 Å². The van der Waals surface area contributed by atoms with Crippen LogP contribution in [0.2, 0.25) is 0 Å². The highest BCUT2D eigenvalue weighted by atomic mass is 19.4. The molecule has 1 unspecified atom stereocenters. The van der Waals surface area contributed by atoms with Gasteiger partial charge in [0.05, 0.1) is 25.0 Å². The number of nitrogens with one attached hydrogen (secondary N) is 4. The summed E-state index contributed by atoms with van der Waals surface area (Å²) in [7, 11) is 3.39. The number of anilines is 6. The first-order chi connectivity index (χ1) is 29.2. The molecular formula is C44H50F3N9O5. The number of alkyl halides is 3. The molecule has 0 spiro atoms. The Morgan fingerprint density at radius 2 is 1.64 bits per heavy atom. The number of Topliss-reactive ketones (excluding diaryl/α,β-unsaturated/α-hetero) is 1. The van der Waals surface area contributed by atoms with Crippen LogP contribution < -0.4 is 30.9 Å². The molecule has 0 bridgehead atoms. The number of halogens is 3. The smallest absolute Gasteiger partial charge is 0.421 e. The second-order valence-corrected chi connectivity index (χ2v) is 15.7. The summed E-state index contributed by atoms with van der Waals surface area (Å²) < 4.78 is 47.6. The van der Waals surface area contributed by atoms with Crippen molar-refractivity contribution in [2.75, 3.05) is 67.7 Å². The number of likely N-dealkylation sites (tertiary alicyclic amines) is 1. The predicted molar refractivity (Wildman–Crippen MR) is 226 cm³/mol. The van der Waals surface area contributed by atoms with Crippen molar-refractivity contribution in [1.29, 1.82) is 0 Å². The minimum atomic E-state index is -4.75. The molecule has 1 atom stereocenters. The molecule has 4 heterocycles. The summed E-state index contributed by atoms with van der Waals surface area (Å²) in [5.41, 5.74) is 2.74. The maximum absolute atomic E-state index is 14.0. The molecule has 4 aromatic rings. The third-order valence-corrected chi connectivity index (χ3v) is 11.8. The normalized spacial score (nSPS) is 18.0. The lowest BCUT2D eigenvalue weighted by Crippen LogP contribution is -2.49. The molecular weight excluding hydrogens is 792 g/mol. The number of aromatic nitrogens is 2. The predicted octanol–water partition coefficient (Wildman–Crippen LogP) is 6.72. The van der Waals surface area contributed by atoms with Gasteiger partial charge in [-0.15, -0.1) is 0 Å². The van der Waals surface area contributed by atoms with Gasteiger partial charge in [-0.1, -0.05) is 24.3 Å². The first-order valence-electron chi connectivity index (χ1n) is 20.4. The summed E-state index contributed by atoms with van der Waals surface area (Å²) in [6.45, 7) is 4.78. The topological polar surface area (TPSA) is 161 Å².